The maximum absolute atomic E-state index is 13.5. The number of carbonyl (C=O) groups excluding carboxylic acids is 2. The molecule has 0 fully saturated rings. The molecule has 0 radical (unpaired) electrons. The number of ether oxygens (including phenoxy) is 2. The van der Waals surface area contributed by atoms with E-state index in [-0.39, 0.29) is 37.2 Å². The van der Waals surface area contributed by atoms with E-state index < -0.39 is 0 Å². The van der Waals surface area contributed by atoms with Crippen LogP contribution in [0.2, 0.25) is 0 Å². The first-order valence-electron chi connectivity index (χ1n) is 13.2. The van der Waals surface area contributed by atoms with Crippen molar-refractivity contribution in [2.45, 2.75) is 116 Å². The number of rotatable bonds is 21. The molecule has 0 N–H and O–H groups in total. The van der Waals surface area contributed by atoms with E-state index >= 15 is 0 Å². The second-order valence-corrected chi connectivity index (χ2v) is 8.88. The van der Waals surface area contributed by atoms with Crippen molar-refractivity contribution in [1.82, 2.24) is 0 Å². The Bertz CT molecular complexity index is 632. The zero-order valence-corrected chi connectivity index (χ0v) is 20.8. The molecule has 188 valence electrons. The SMILES string of the molecule is CCCCCCCCCCCCCCCOC(=O)CCCC(=O)OCCc1ccccc1F. The van der Waals surface area contributed by atoms with Crippen molar-refractivity contribution in [2.75, 3.05) is 13.2 Å². The summed E-state index contributed by atoms with van der Waals surface area (Å²) in [4.78, 5) is 23.5. The fraction of sp³-hybridized carbons (Fsp3) is 0.714. The van der Waals surface area contributed by atoms with E-state index in [2.05, 4.69) is 6.92 Å². The van der Waals surface area contributed by atoms with Crippen molar-refractivity contribution >= 4 is 11.9 Å². The van der Waals surface area contributed by atoms with E-state index in [9.17, 15) is 14.0 Å². The fourth-order valence-electron chi connectivity index (χ4n) is 3.80. The first-order chi connectivity index (χ1) is 16.1. The van der Waals surface area contributed by atoms with Crippen molar-refractivity contribution in [3.05, 3.63) is 35.6 Å². The summed E-state index contributed by atoms with van der Waals surface area (Å²) in [5.41, 5.74) is 0.530. The van der Waals surface area contributed by atoms with Crippen molar-refractivity contribution in [1.29, 1.82) is 0 Å². The monoisotopic (exact) mass is 464 g/mol. The number of benzene rings is 1. The van der Waals surface area contributed by atoms with E-state index in [0.29, 0.717) is 25.0 Å². The predicted molar refractivity (Wildman–Crippen MR) is 132 cm³/mol. The van der Waals surface area contributed by atoms with Gasteiger partial charge in [-0.05, 0) is 24.5 Å². The highest BCUT2D eigenvalue weighted by molar-refractivity contribution is 5.72. The van der Waals surface area contributed by atoms with Gasteiger partial charge in [-0.1, -0.05) is 102 Å². The summed E-state index contributed by atoms with van der Waals surface area (Å²) >= 11 is 0. The molecule has 33 heavy (non-hydrogen) atoms. The highest BCUT2D eigenvalue weighted by Crippen LogP contribution is 2.13. The second kappa shape index (κ2) is 20.7. The molecule has 1 rings (SSSR count). The largest absolute Gasteiger partial charge is 0.466 e. The van der Waals surface area contributed by atoms with Crippen LogP contribution in [0.5, 0.6) is 0 Å². The van der Waals surface area contributed by atoms with Gasteiger partial charge in [-0.15, -0.1) is 0 Å². The van der Waals surface area contributed by atoms with Gasteiger partial charge in [-0.2, -0.15) is 0 Å². The summed E-state index contributed by atoms with van der Waals surface area (Å²) in [6.45, 7) is 2.86. The summed E-state index contributed by atoms with van der Waals surface area (Å²) < 4.78 is 23.9. The zero-order valence-electron chi connectivity index (χ0n) is 20.8. The Hall–Kier alpha value is -1.91. The van der Waals surface area contributed by atoms with E-state index in [1.807, 2.05) is 0 Å². The first kappa shape index (κ1) is 29.1. The topological polar surface area (TPSA) is 52.6 Å². The lowest BCUT2D eigenvalue weighted by atomic mass is 10.0. The van der Waals surface area contributed by atoms with E-state index in [1.165, 1.54) is 76.7 Å². The van der Waals surface area contributed by atoms with Gasteiger partial charge >= 0.3 is 11.9 Å². The van der Waals surface area contributed by atoms with Gasteiger partial charge in [0.25, 0.3) is 0 Å². The average Bonchev–Trinajstić information content (AvgIpc) is 2.80. The van der Waals surface area contributed by atoms with Crippen LogP contribution >= 0.6 is 0 Å². The number of esters is 2. The van der Waals surface area contributed by atoms with Gasteiger partial charge < -0.3 is 9.47 Å². The molecule has 0 bridgehead atoms. The van der Waals surface area contributed by atoms with Crippen LogP contribution in [0.4, 0.5) is 4.39 Å². The molecule has 0 heterocycles. The summed E-state index contributed by atoms with van der Waals surface area (Å²) in [7, 11) is 0. The minimum Gasteiger partial charge on any atom is -0.466 e. The van der Waals surface area contributed by atoms with Gasteiger partial charge in [0.1, 0.15) is 5.82 Å². The van der Waals surface area contributed by atoms with Crippen LogP contribution < -0.4 is 0 Å². The van der Waals surface area contributed by atoms with Gasteiger partial charge in [-0.3, -0.25) is 9.59 Å². The number of hydrogen-bond acceptors (Lipinski definition) is 4. The third-order valence-electron chi connectivity index (χ3n) is 5.87. The molecule has 0 amide bonds. The second-order valence-electron chi connectivity index (χ2n) is 8.88. The Balaban J connectivity index is 1.84. The van der Waals surface area contributed by atoms with Crippen molar-refractivity contribution < 1.29 is 23.5 Å². The highest BCUT2D eigenvalue weighted by Gasteiger charge is 2.08. The van der Waals surface area contributed by atoms with Gasteiger partial charge in [0.15, 0.2) is 0 Å². The van der Waals surface area contributed by atoms with Crippen LogP contribution in [0.1, 0.15) is 115 Å². The van der Waals surface area contributed by atoms with Crippen LogP contribution in [0, 0.1) is 5.82 Å². The summed E-state index contributed by atoms with van der Waals surface area (Å²) in [5.74, 6) is -0.913. The van der Waals surface area contributed by atoms with Crippen LogP contribution in [0.3, 0.4) is 0 Å². The van der Waals surface area contributed by atoms with Gasteiger partial charge in [0, 0.05) is 19.3 Å². The average molecular weight is 465 g/mol. The predicted octanol–water partition coefficient (Wildman–Crippen LogP) is 7.72. The standard InChI is InChI=1S/C28H45FO4/c1-2-3-4-5-6-7-8-9-10-11-12-13-16-23-32-27(30)20-17-21-28(31)33-24-22-25-18-14-15-19-26(25)29/h14-15,18-19H,2-13,16-17,20-24H2,1H3. The maximum Gasteiger partial charge on any atom is 0.305 e. The maximum atomic E-state index is 13.5. The van der Waals surface area contributed by atoms with Crippen LogP contribution in [-0.2, 0) is 25.5 Å². The van der Waals surface area contributed by atoms with Crippen LogP contribution in [-0.4, -0.2) is 25.2 Å². The minimum atomic E-state index is -0.365. The molecule has 0 atom stereocenters. The van der Waals surface area contributed by atoms with Gasteiger partial charge in [0.2, 0.25) is 0 Å². The molecule has 0 unspecified atom stereocenters. The molecule has 0 aliphatic carbocycles. The molecule has 0 spiro atoms. The van der Waals surface area contributed by atoms with Gasteiger partial charge in [-0.25, -0.2) is 4.39 Å². The lowest BCUT2D eigenvalue weighted by Gasteiger charge is -2.07. The summed E-state index contributed by atoms with van der Waals surface area (Å²) in [5, 5.41) is 0. The molecule has 1 aromatic rings. The van der Waals surface area contributed by atoms with E-state index in [4.69, 9.17) is 9.47 Å². The third-order valence-corrected chi connectivity index (χ3v) is 5.87. The Morgan fingerprint density at radius 2 is 1.15 bits per heavy atom. The normalized spacial score (nSPS) is 10.8. The number of hydrogen-bond donors (Lipinski definition) is 0. The minimum absolute atomic E-state index is 0.142. The quantitative estimate of drug-likeness (QED) is 0.138. The molecule has 0 aliphatic rings. The highest BCUT2D eigenvalue weighted by atomic mass is 19.1. The lowest BCUT2D eigenvalue weighted by Crippen LogP contribution is -2.10. The lowest BCUT2D eigenvalue weighted by molar-refractivity contribution is -0.145. The Morgan fingerprint density at radius 3 is 1.70 bits per heavy atom. The molecular weight excluding hydrogens is 419 g/mol. The van der Waals surface area contributed by atoms with E-state index in [1.54, 1.807) is 18.2 Å². The van der Waals surface area contributed by atoms with Crippen molar-refractivity contribution in [3.8, 4) is 0 Å². The molecule has 0 saturated carbocycles. The van der Waals surface area contributed by atoms with Crippen LogP contribution in [0.15, 0.2) is 24.3 Å². The number of carbonyl (C=O) groups is 2. The Kier molecular flexibility index (Phi) is 18.2. The summed E-state index contributed by atoms with van der Waals surface area (Å²) in [6, 6.07) is 6.45. The van der Waals surface area contributed by atoms with Crippen LogP contribution in [0.25, 0.3) is 0 Å². The molecule has 4 nitrogen and oxygen atoms in total. The molecule has 0 aliphatic heterocycles. The molecular formula is C28H45FO4. The molecule has 0 aromatic heterocycles. The number of halogens is 1. The Labute approximate surface area is 200 Å². The molecule has 1 aromatic carbocycles. The zero-order chi connectivity index (χ0) is 24.0. The van der Waals surface area contributed by atoms with Crippen molar-refractivity contribution in [3.63, 3.8) is 0 Å². The Morgan fingerprint density at radius 1 is 0.667 bits per heavy atom. The smallest absolute Gasteiger partial charge is 0.305 e. The number of unbranched alkanes of at least 4 members (excludes halogenated alkanes) is 12. The first-order valence-corrected chi connectivity index (χ1v) is 13.2. The fourth-order valence-corrected chi connectivity index (χ4v) is 3.80. The summed E-state index contributed by atoms with van der Waals surface area (Å²) in [6.07, 6.45) is 17.9. The molecule has 0 saturated heterocycles. The third kappa shape index (κ3) is 17.3. The molecule has 5 heteroatoms. The van der Waals surface area contributed by atoms with Gasteiger partial charge in [0.05, 0.1) is 13.2 Å². The van der Waals surface area contributed by atoms with E-state index in [0.717, 1.165) is 12.8 Å². The van der Waals surface area contributed by atoms with Crippen molar-refractivity contribution in [2.24, 2.45) is 0 Å².